The Hall–Kier alpha value is -3.19. The van der Waals surface area contributed by atoms with Crippen molar-refractivity contribution in [1.82, 2.24) is 15.5 Å². The molecule has 2 amide bonds. The van der Waals surface area contributed by atoms with E-state index >= 15 is 0 Å². The molecule has 2 aromatic carbocycles. The van der Waals surface area contributed by atoms with Gasteiger partial charge in [-0.2, -0.15) is 5.10 Å². The molecule has 0 fully saturated rings. The summed E-state index contributed by atoms with van der Waals surface area (Å²) in [4.78, 5) is 22.8. The minimum absolute atomic E-state index is 0.122. The Bertz CT molecular complexity index is 1060. The molecule has 3 aromatic rings. The highest BCUT2D eigenvalue weighted by atomic mass is 16.5. The molecule has 0 aliphatic rings. The van der Waals surface area contributed by atoms with E-state index in [-0.39, 0.29) is 11.8 Å². The van der Waals surface area contributed by atoms with Gasteiger partial charge in [-0.05, 0) is 43.5 Å². The number of hydroxylamine groups is 1. The maximum atomic E-state index is 11.9. The van der Waals surface area contributed by atoms with E-state index in [2.05, 4.69) is 52.3 Å². The van der Waals surface area contributed by atoms with Crippen molar-refractivity contribution in [3.8, 4) is 0 Å². The van der Waals surface area contributed by atoms with Crippen molar-refractivity contribution in [3.63, 3.8) is 0 Å². The number of nitrogens with zero attached hydrogens (tertiary/aromatic N) is 2. The highest BCUT2D eigenvalue weighted by molar-refractivity contribution is 6.09. The van der Waals surface area contributed by atoms with Crippen LogP contribution in [-0.2, 0) is 16.1 Å². The van der Waals surface area contributed by atoms with Crippen LogP contribution >= 0.6 is 0 Å². The zero-order valence-corrected chi connectivity index (χ0v) is 17.2. The summed E-state index contributed by atoms with van der Waals surface area (Å²) in [5.41, 5.74) is 7.53. The molecule has 1 heterocycles. The third-order valence-electron chi connectivity index (χ3n) is 5.20. The summed E-state index contributed by atoms with van der Waals surface area (Å²) in [6.45, 7) is 3.05. The predicted octanol–water partition coefficient (Wildman–Crippen LogP) is 4.11. The Labute approximate surface area is 175 Å². The highest BCUT2D eigenvalue weighted by Crippen LogP contribution is 2.29. The van der Waals surface area contributed by atoms with Gasteiger partial charge < -0.3 is 4.57 Å². The molecule has 1 aromatic heterocycles. The summed E-state index contributed by atoms with van der Waals surface area (Å²) >= 11 is 0. The van der Waals surface area contributed by atoms with Crippen LogP contribution in [0.3, 0.4) is 0 Å². The number of para-hydroxylation sites is 1. The van der Waals surface area contributed by atoms with Gasteiger partial charge in [0.25, 0.3) is 0 Å². The summed E-state index contributed by atoms with van der Waals surface area (Å²) in [5.74, 6) is -0.498. The minimum Gasteiger partial charge on any atom is -0.341 e. The molecule has 0 aliphatic heterocycles. The third-order valence-corrected chi connectivity index (χ3v) is 5.20. The fourth-order valence-electron chi connectivity index (χ4n) is 3.71. The topological polar surface area (TPSA) is 95.7 Å². The molecule has 158 valence electrons. The van der Waals surface area contributed by atoms with E-state index < -0.39 is 0 Å². The lowest BCUT2D eigenvalue weighted by molar-refractivity contribution is -0.129. The number of rotatable bonds is 10. The zero-order valence-electron chi connectivity index (χ0n) is 17.2. The largest absolute Gasteiger partial charge is 0.341 e. The SMILES string of the molecule is CCn1c2ccccc2c2cc(/C=N/NC(=O)CCCCCCC(=O)NO)ccc21. The van der Waals surface area contributed by atoms with Crippen LogP contribution in [0, 0.1) is 0 Å². The molecular weight excluding hydrogens is 380 g/mol. The summed E-state index contributed by atoms with van der Waals surface area (Å²) in [6, 6.07) is 14.6. The van der Waals surface area contributed by atoms with E-state index in [1.807, 2.05) is 12.1 Å². The molecule has 3 rings (SSSR count). The van der Waals surface area contributed by atoms with Crippen molar-refractivity contribution >= 4 is 39.8 Å². The Morgan fingerprint density at radius 2 is 1.67 bits per heavy atom. The van der Waals surface area contributed by atoms with Crippen LogP contribution in [0.25, 0.3) is 21.8 Å². The number of aromatic nitrogens is 1. The van der Waals surface area contributed by atoms with E-state index in [1.54, 1.807) is 11.7 Å². The zero-order chi connectivity index (χ0) is 21.3. The second-order valence-corrected chi connectivity index (χ2v) is 7.28. The number of aryl methyl sites for hydroxylation is 1. The molecule has 0 saturated carbocycles. The Morgan fingerprint density at radius 3 is 2.40 bits per heavy atom. The van der Waals surface area contributed by atoms with E-state index in [9.17, 15) is 9.59 Å². The van der Waals surface area contributed by atoms with Crippen LogP contribution in [0.4, 0.5) is 0 Å². The lowest BCUT2D eigenvalue weighted by Crippen LogP contribution is -2.18. The number of fused-ring (bicyclic) bond motifs is 3. The molecule has 3 N–H and O–H groups in total. The number of amides is 2. The minimum atomic E-state index is -0.375. The van der Waals surface area contributed by atoms with Gasteiger partial charge in [-0.15, -0.1) is 0 Å². The van der Waals surface area contributed by atoms with Crippen LogP contribution in [0.2, 0.25) is 0 Å². The average Bonchev–Trinajstić information content (AvgIpc) is 3.09. The van der Waals surface area contributed by atoms with Crippen molar-refractivity contribution < 1.29 is 14.8 Å². The lowest BCUT2D eigenvalue weighted by atomic mass is 10.1. The van der Waals surface area contributed by atoms with Crippen LogP contribution in [0.5, 0.6) is 0 Å². The number of hydrazone groups is 1. The van der Waals surface area contributed by atoms with Crippen LogP contribution in [0.15, 0.2) is 47.6 Å². The second-order valence-electron chi connectivity index (χ2n) is 7.28. The smallest absolute Gasteiger partial charge is 0.243 e. The van der Waals surface area contributed by atoms with Gasteiger partial charge in [-0.3, -0.25) is 14.8 Å². The van der Waals surface area contributed by atoms with Crippen molar-refractivity contribution in [3.05, 3.63) is 48.0 Å². The molecular formula is C23H28N4O3. The van der Waals surface area contributed by atoms with E-state index in [0.717, 1.165) is 31.4 Å². The summed E-state index contributed by atoms with van der Waals surface area (Å²) in [6.07, 6.45) is 5.50. The Balaban J connectivity index is 1.52. The molecule has 7 nitrogen and oxygen atoms in total. The van der Waals surface area contributed by atoms with Crippen LogP contribution < -0.4 is 10.9 Å². The number of nitrogens with one attached hydrogen (secondary N) is 2. The average molecular weight is 409 g/mol. The van der Waals surface area contributed by atoms with E-state index in [1.165, 1.54) is 21.8 Å². The lowest BCUT2D eigenvalue weighted by Gasteiger charge is -2.03. The number of hydrogen-bond donors (Lipinski definition) is 3. The maximum absolute atomic E-state index is 11.9. The molecule has 7 heteroatoms. The summed E-state index contributed by atoms with van der Waals surface area (Å²) < 4.78 is 2.30. The number of carbonyl (C=O) groups excluding carboxylic acids is 2. The molecule has 0 atom stereocenters. The standard InChI is InChI=1S/C23H28N4O3/c1-2-27-20-10-8-7-9-18(20)19-15-17(13-14-21(19)27)16-24-25-22(28)11-5-3-4-6-12-23(29)26-30/h7-10,13-16,30H,2-6,11-12H2,1H3,(H,25,28)(H,26,29)/b24-16+. The molecule has 0 radical (unpaired) electrons. The molecule has 0 spiro atoms. The first-order valence-corrected chi connectivity index (χ1v) is 10.4. The highest BCUT2D eigenvalue weighted by Gasteiger charge is 2.09. The van der Waals surface area contributed by atoms with Gasteiger partial charge in [-0.25, -0.2) is 10.9 Å². The van der Waals surface area contributed by atoms with Gasteiger partial charge in [-0.1, -0.05) is 37.1 Å². The number of carbonyl (C=O) groups is 2. The van der Waals surface area contributed by atoms with Gasteiger partial charge in [0.15, 0.2) is 0 Å². The van der Waals surface area contributed by atoms with Crippen molar-refractivity contribution in [2.45, 2.75) is 52.0 Å². The molecule has 0 aliphatic carbocycles. The monoisotopic (exact) mass is 408 g/mol. The molecule has 30 heavy (non-hydrogen) atoms. The van der Waals surface area contributed by atoms with Crippen LogP contribution in [-0.4, -0.2) is 27.8 Å². The summed E-state index contributed by atoms with van der Waals surface area (Å²) in [7, 11) is 0. The second kappa shape index (κ2) is 10.5. The van der Waals surface area contributed by atoms with E-state index in [4.69, 9.17) is 5.21 Å². The fourth-order valence-corrected chi connectivity index (χ4v) is 3.71. The van der Waals surface area contributed by atoms with Gasteiger partial charge in [0.1, 0.15) is 0 Å². The Kier molecular flexibility index (Phi) is 7.57. The van der Waals surface area contributed by atoms with Gasteiger partial charge in [0, 0.05) is 41.2 Å². The van der Waals surface area contributed by atoms with Gasteiger partial charge in [0.2, 0.25) is 11.8 Å². The van der Waals surface area contributed by atoms with Crippen LogP contribution in [0.1, 0.15) is 51.0 Å². The molecule has 0 bridgehead atoms. The van der Waals surface area contributed by atoms with Crippen molar-refractivity contribution in [1.29, 1.82) is 0 Å². The third kappa shape index (κ3) is 5.24. The number of unbranched alkanes of at least 4 members (excludes halogenated alkanes) is 3. The van der Waals surface area contributed by atoms with Gasteiger partial charge in [0.05, 0.1) is 6.21 Å². The first-order chi connectivity index (χ1) is 14.6. The predicted molar refractivity (Wildman–Crippen MR) is 118 cm³/mol. The molecule has 0 unspecified atom stereocenters. The number of hydrogen-bond acceptors (Lipinski definition) is 4. The summed E-state index contributed by atoms with van der Waals surface area (Å²) in [5, 5.41) is 14.9. The fraction of sp³-hybridized carbons (Fsp3) is 0.348. The number of benzene rings is 2. The molecule has 0 saturated heterocycles. The van der Waals surface area contributed by atoms with Gasteiger partial charge >= 0.3 is 0 Å². The van der Waals surface area contributed by atoms with Crippen molar-refractivity contribution in [2.75, 3.05) is 0 Å². The van der Waals surface area contributed by atoms with Crippen molar-refractivity contribution in [2.24, 2.45) is 5.10 Å². The van der Waals surface area contributed by atoms with E-state index in [0.29, 0.717) is 19.3 Å². The Morgan fingerprint density at radius 1 is 0.967 bits per heavy atom. The first-order valence-electron chi connectivity index (χ1n) is 10.4. The first kappa shape index (κ1) is 21.5. The maximum Gasteiger partial charge on any atom is 0.243 e. The normalized spacial score (nSPS) is 11.4. The quantitative estimate of drug-likeness (QED) is 0.204.